The standard InChI is InChI=1S/C30H28N2.C5H9NO.C4H8.C2H6/c1-3-31-21-27(19-29(31)25-11-7-5-8-12-25)23-15-17-24(18-16-23)28-20-30(32(4-2)22-28)26-13-9-6-10-14-26;1-4-6(3)5(2)7;1-3-4-2;1-2/h5-22H,3-4H2,1-2H3;4H,1H2,2-3H3;3-4H,1-2H3;1-2H3/b;;4-3-;. The van der Waals surface area contributed by atoms with E-state index < -0.39 is 0 Å². The number of hydrogen-bond acceptors (Lipinski definition) is 1. The zero-order valence-corrected chi connectivity index (χ0v) is 28.5. The molecule has 4 heteroatoms. The minimum atomic E-state index is 0.00926. The van der Waals surface area contributed by atoms with Gasteiger partial charge in [-0.2, -0.15) is 0 Å². The molecule has 5 rings (SSSR count). The Balaban J connectivity index is 0.000000464. The van der Waals surface area contributed by atoms with Crippen molar-refractivity contribution in [2.75, 3.05) is 7.05 Å². The molecule has 0 aliphatic carbocycles. The number of rotatable bonds is 7. The van der Waals surface area contributed by atoms with E-state index in [1.165, 1.54) is 62.8 Å². The molecule has 0 N–H and O–H groups in total. The van der Waals surface area contributed by atoms with E-state index >= 15 is 0 Å². The molecule has 0 radical (unpaired) electrons. The van der Waals surface area contributed by atoms with Gasteiger partial charge in [0.15, 0.2) is 0 Å². The maximum Gasteiger partial charge on any atom is 0.223 e. The first-order valence-corrected chi connectivity index (χ1v) is 15.9. The predicted octanol–water partition coefficient (Wildman–Crippen LogP) is 11.2. The molecule has 0 saturated carbocycles. The van der Waals surface area contributed by atoms with E-state index in [1.807, 2.05) is 39.8 Å². The van der Waals surface area contributed by atoms with Crippen LogP contribution in [0.4, 0.5) is 0 Å². The van der Waals surface area contributed by atoms with Gasteiger partial charge in [-0.05, 0) is 79.4 Å². The smallest absolute Gasteiger partial charge is 0.223 e. The molecule has 0 atom stereocenters. The Labute approximate surface area is 272 Å². The van der Waals surface area contributed by atoms with Crippen LogP contribution in [0, 0.1) is 0 Å². The molecule has 4 nitrogen and oxygen atoms in total. The van der Waals surface area contributed by atoms with Crippen molar-refractivity contribution in [3.63, 3.8) is 0 Å². The summed E-state index contributed by atoms with van der Waals surface area (Å²) in [4.78, 5) is 11.6. The lowest BCUT2D eigenvalue weighted by atomic mass is 10.0. The zero-order chi connectivity index (χ0) is 33.2. The van der Waals surface area contributed by atoms with Gasteiger partial charge in [-0.1, -0.05) is 118 Å². The third-order valence-electron chi connectivity index (χ3n) is 7.27. The van der Waals surface area contributed by atoms with Crippen LogP contribution in [-0.4, -0.2) is 27.0 Å². The highest BCUT2D eigenvalue weighted by Gasteiger charge is 2.11. The molecular weight excluding hydrogens is 550 g/mol. The Bertz CT molecular complexity index is 1480. The quantitative estimate of drug-likeness (QED) is 0.171. The van der Waals surface area contributed by atoms with Gasteiger partial charge >= 0.3 is 0 Å². The normalized spacial score (nSPS) is 10.0. The van der Waals surface area contributed by atoms with Crippen LogP contribution in [0.3, 0.4) is 0 Å². The summed E-state index contributed by atoms with van der Waals surface area (Å²) >= 11 is 0. The molecule has 0 unspecified atom stereocenters. The van der Waals surface area contributed by atoms with Crippen LogP contribution in [0.1, 0.15) is 48.5 Å². The number of aromatic nitrogens is 2. The molecule has 0 aliphatic heterocycles. The van der Waals surface area contributed by atoms with Gasteiger partial charge in [0.2, 0.25) is 5.91 Å². The first-order chi connectivity index (χ1) is 21.9. The summed E-state index contributed by atoms with van der Waals surface area (Å²) in [6.07, 6.45) is 10.00. The second-order valence-electron chi connectivity index (χ2n) is 10.1. The molecule has 0 fully saturated rings. The van der Waals surface area contributed by atoms with Gasteiger partial charge in [-0.25, -0.2) is 0 Å². The highest BCUT2D eigenvalue weighted by atomic mass is 16.2. The summed E-state index contributed by atoms with van der Waals surface area (Å²) in [5.74, 6) is 0.00926. The highest BCUT2D eigenvalue weighted by molar-refractivity contribution is 5.77. The maximum absolute atomic E-state index is 10.2. The zero-order valence-electron chi connectivity index (χ0n) is 28.5. The van der Waals surface area contributed by atoms with Gasteiger partial charge in [0.25, 0.3) is 0 Å². The van der Waals surface area contributed by atoms with E-state index in [2.05, 4.69) is 139 Å². The number of carbonyl (C=O) groups is 1. The van der Waals surface area contributed by atoms with Crippen LogP contribution in [0.5, 0.6) is 0 Å². The van der Waals surface area contributed by atoms with Crippen LogP contribution in [0.2, 0.25) is 0 Å². The summed E-state index contributed by atoms with van der Waals surface area (Å²) in [6.45, 7) is 19.2. The molecule has 0 spiro atoms. The Morgan fingerprint density at radius 1 is 0.644 bits per heavy atom. The first kappa shape index (κ1) is 36.4. The number of nitrogens with zero attached hydrogens (tertiary/aromatic N) is 3. The lowest BCUT2D eigenvalue weighted by Crippen LogP contribution is -2.15. The van der Waals surface area contributed by atoms with E-state index in [0.717, 1.165) is 13.1 Å². The minimum Gasteiger partial charge on any atom is -0.347 e. The first-order valence-electron chi connectivity index (χ1n) is 15.9. The van der Waals surface area contributed by atoms with Gasteiger partial charge in [0, 0.05) is 50.8 Å². The summed E-state index contributed by atoms with van der Waals surface area (Å²) in [5, 5.41) is 0. The van der Waals surface area contributed by atoms with Crippen LogP contribution >= 0.6 is 0 Å². The lowest BCUT2D eigenvalue weighted by Gasteiger charge is -2.05. The molecule has 0 aliphatic rings. The maximum atomic E-state index is 10.2. The third-order valence-corrected chi connectivity index (χ3v) is 7.27. The SMILES string of the molecule is C/C=C\C.C=CN(C)C(C)=O.CC.CCn1cc(-c2ccc(-c3cc(-c4ccccc4)n(CC)c3)cc2)cc1-c1ccccc1. The third kappa shape index (κ3) is 10.4. The van der Waals surface area contributed by atoms with E-state index in [9.17, 15) is 4.79 Å². The van der Waals surface area contributed by atoms with Crippen molar-refractivity contribution in [1.82, 2.24) is 14.0 Å². The topological polar surface area (TPSA) is 30.2 Å². The average molecular weight is 602 g/mol. The fourth-order valence-corrected chi connectivity index (χ4v) is 4.55. The Morgan fingerprint density at radius 2 is 1.00 bits per heavy atom. The van der Waals surface area contributed by atoms with E-state index in [1.54, 1.807) is 7.05 Å². The van der Waals surface area contributed by atoms with Crippen molar-refractivity contribution in [3.8, 4) is 44.8 Å². The largest absolute Gasteiger partial charge is 0.347 e. The summed E-state index contributed by atoms with van der Waals surface area (Å²) in [7, 11) is 1.66. The van der Waals surface area contributed by atoms with Gasteiger partial charge in [0.1, 0.15) is 0 Å². The Morgan fingerprint density at radius 3 is 1.24 bits per heavy atom. The summed E-state index contributed by atoms with van der Waals surface area (Å²) in [6, 6.07) is 34.8. The van der Waals surface area contributed by atoms with Crippen LogP contribution in [0.25, 0.3) is 44.8 Å². The molecule has 45 heavy (non-hydrogen) atoms. The number of carbonyl (C=O) groups excluding carboxylic acids is 1. The Hall–Kier alpha value is -4.83. The van der Waals surface area contributed by atoms with Gasteiger partial charge < -0.3 is 14.0 Å². The molecule has 1 amide bonds. The van der Waals surface area contributed by atoms with Crippen molar-refractivity contribution >= 4 is 5.91 Å². The minimum absolute atomic E-state index is 0.00926. The van der Waals surface area contributed by atoms with E-state index in [0.29, 0.717) is 0 Å². The molecule has 3 aromatic carbocycles. The number of hydrogen-bond donors (Lipinski definition) is 0. The number of benzene rings is 3. The summed E-state index contributed by atoms with van der Waals surface area (Å²) < 4.78 is 4.65. The van der Waals surface area contributed by atoms with Crippen molar-refractivity contribution in [2.45, 2.75) is 61.6 Å². The molecular formula is C41H51N3O. The van der Waals surface area contributed by atoms with Crippen LogP contribution in [-0.2, 0) is 17.9 Å². The average Bonchev–Trinajstić information content (AvgIpc) is 3.75. The fourth-order valence-electron chi connectivity index (χ4n) is 4.55. The Kier molecular flexibility index (Phi) is 15.7. The van der Waals surface area contributed by atoms with E-state index in [-0.39, 0.29) is 5.91 Å². The lowest BCUT2D eigenvalue weighted by molar-refractivity contribution is -0.125. The second-order valence-corrected chi connectivity index (χ2v) is 10.1. The molecule has 0 saturated heterocycles. The van der Waals surface area contributed by atoms with Crippen LogP contribution < -0.4 is 0 Å². The fraction of sp³-hybridized carbons (Fsp3) is 0.244. The number of amides is 1. The van der Waals surface area contributed by atoms with Crippen molar-refractivity contribution in [2.24, 2.45) is 0 Å². The monoisotopic (exact) mass is 601 g/mol. The molecule has 236 valence electrons. The van der Waals surface area contributed by atoms with Crippen molar-refractivity contribution in [1.29, 1.82) is 0 Å². The number of allylic oxidation sites excluding steroid dienone is 2. The molecule has 0 bridgehead atoms. The van der Waals surface area contributed by atoms with Gasteiger partial charge in [-0.3, -0.25) is 4.79 Å². The van der Waals surface area contributed by atoms with Gasteiger partial charge in [0.05, 0.1) is 0 Å². The predicted molar refractivity (Wildman–Crippen MR) is 196 cm³/mol. The van der Waals surface area contributed by atoms with Crippen molar-refractivity contribution < 1.29 is 4.79 Å². The van der Waals surface area contributed by atoms with Gasteiger partial charge in [-0.15, -0.1) is 0 Å². The highest BCUT2D eigenvalue weighted by Crippen LogP contribution is 2.32. The van der Waals surface area contributed by atoms with Crippen LogP contribution in [0.15, 0.2) is 134 Å². The molecule has 5 aromatic rings. The number of aryl methyl sites for hydroxylation is 2. The second kappa shape index (κ2) is 19.4. The molecule has 2 heterocycles. The summed E-state index contributed by atoms with van der Waals surface area (Å²) in [5.41, 5.74) is 10.0. The van der Waals surface area contributed by atoms with E-state index in [4.69, 9.17) is 0 Å². The van der Waals surface area contributed by atoms with Crippen molar-refractivity contribution in [3.05, 3.63) is 134 Å². The molecule has 2 aromatic heterocycles.